The van der Waals surface area contributed by atoms with Gasteiger partial charge in [0.2, 0.25) is 0 Å². The first-order valence-electron chi connectivity index (χ1n) is 8.65. The summed E-state index contributed by atoms with van der Waals surface area (Å²) in [6.45, 7) is 2.06. The van der Waals surface area contributed by atoms with E-state index in [1.807, 2.05) is 6.20 Å². The Bertz CT molecular complexity index is 405. The Morgan fingerprint density at radius 1 is 1.14 bits per heavy atom. The van der Waals surface area contributed by atoms with Gasteiger partial charge in [-0.3, -0.25) is 9.88 Å². The van der Waals surface area contributed by atoms with Crippen molar-refractivity contribution in [1.29, 1.82) is 0 Å². The van der Waals surface area contributed by atoms with Crippen LogP contribution in [0.15, 0.2) is 18.5 Å². The largest absolute Gasteiger partial charge is 0.330 e. The number of pyridine rings is 1. The number of hydrogen-bond donors (Lipinski definition) is 1. The van der Waals surface area contributed by atoms with E-state index in [0.717, 1.165) is 6.54 Å². The molecule has 0 radical (unpaired) electrons. The van der Waals surface area contributed by atoms with Gasteiger partial charge in [0.15, 0.2) is 0 Å². The molecule has 0 bridgehead atoms. The minimum atomic E-state index is 0.591. The number of nitrogens with zero attached hydrogens (tertiary/aromatic N) is 2. The summed E-state index contributed by atoms with van der Waals surface area (Å²) in [5, 5.41) is 0. The van der Waals surface area contributed by atoms with E-state index in [9.17, 15) is 0 Å². The Morgan fingerprint density at radius 2 is 1.90 bits per heavy atom. The highest BCUT2D eigenvalue weighted by atomic mass is 15.1. The molecule has 1 atom stereocenters. The first kappa shape index (κ1) is 16.4. The third kappa shape index (κ3) is 5.40. The maximum Gasteiger partial charge on any atom is 0.0360 e. The lowest BCUT2D eigenvalue weighted by molar-refractivity contribution is 0.317. The van der Waals surface area contributed by atoms with Gasteiger partial charge in [-0.25, -0.2) is 0 Å². The van der Waals surface area contributed by atoms with Crippen LogP contribution < -0.4 is 5.73 Å². The molecule has 1 saturated heterocycles. The van der Waals surface area contributed by atoms with Gasteiger partial charge >= 0.3 is 0 Å². The number of hydrogen-bond acceptors (Lipinski definition) is 3. The van der Waals surface area contributed by atoms with E-state index in [1.54, 1.807) is 0 Å². The lowest BCUT2D eigenvalue weighted by Crippen LogP contribution is -2.17. The maximum atomic E-state index is 5.51. The molecule has 1 unspecified atom stereocenters. The number of unbranched alkanes of at least 4 members (excludes halogenated alkanes) is 5. The monoisotopic (exact) mass is 289 g/mol. The van der Waals surface area contributed by atoms with E-state index in [1.165, 1.54) is 75.5 Å². The van der Waals surface area contributed by atoms with Crippen molar-refractivity contribution < 1.29 is 0 Å². The van der Waals surface area contributed by atoms with Crippen LogP contribution in [0.25, 0.3) is 0 Å². The molecule has 21 heavy (non-hydrogen) atoms. The third-order valence-electron chi connectivity index (χ3n) is 4.64. The maximum absolute atomic E-state index is 5.51. The van der Waals surface area contributed by atoms with Gasteiger partial charge in [0.1, 0.15) is 0 Å². The average Bonchev–Trinajstić information content (AvgIpc) is 2.93. The highest BCUT2D eigenvalue weighted by Crippen LogP contribution is 2.30. The number of nitrogens with two attached hydrogens (primary N) is 1. The van der Waals surface area contributed by atoms with Crippen molar-refractivity contribution >= 4 is 0 Å². The molecule has 3 heteroatoms. The summed E-state index contributed by atoms with van der Waals surface area (Å²) in [5.74, 6) is 0. The van der Waals surface area contributed by atoms with Crippen molar-refractivity contribution in [1.82, 2.24) is 9.88 Å². The zero-order valence-corrected chi connectivity index (χ0v) is 13.6. The minimum Gasteiger partial charge on any atom is -0.330 e. The van der Waals surface area contributed by atoms with Crippen LogP contribution in [0.3, 0.4) is 0 Å². The van der Waals surface area contributed by atoms with Gasteiger partial charge in [-0.05, 0) is 63.4 Å². The van der Waals surface area contributed by atoms with Crippen LogP contribution in [-0.2, 0) is 6.42 Å². The van der Waals surface area contributed by atoms with E-state index < -0.39 is 0 Å². The van der Waals surface area contributed by atoms with E-state index in [4.69, 9.17) is 5.73 Å². The molecule has 1 fully saturated rings. The van der Waals surface area contributed by atoms with Crippen LogP contribution in [0.4, 0.5) is 0 Å². The molecule has 2 rings (SSSR count). The van der Waals surface area contributed by atoms with Crippen molar-refractivity contribution in [2.24, 2.45) is 5.73 Å². The van der Waals surface area contributed by atoms with Crippen LogP contribution in [0.2, 0.25) is 0 Å². The Balaban J connectivity index is 1.71. The Kier molecular flexibility index (Phi) is 7.17. The summed E-state index contributed by atoms with van der Waals surface area (Å²) >= 11 is 0. The molecule has 118 valence electrons. The fourth-order valence-corrected chi connectivity index (χ4v) is 3.34. The Morgan fingerprint density at radius 3 is 2.62 bits per heavy atom. The SMILES string of the molecule is CN1CCCC1c1cncc(CCCCCCCCN)c1. The van der Waals surface area contributed by atoms with Crippen molar-refractivity contribution in [3.63, 3.8) is 0 Å². The fraction of sp³-hybridized carbons (Fsp3) is 0.722. The van der Waals surface area contributed by atoms with E-state index in [-0.39, 0.29) is 0 Å². The van der Waals surface area contributed by atoms with Crippen LogP contribution in [0, 0.1) is 0 Å². The third-order valence-corrected chi connectivity index (χ3v) is 4.64. The lowest BCUT2D eigenvalue weighted by Gasteiger charge is -2.19. The van der Waals surface area contributed by atoms with Gasteiger partial charge in [0.25, 0.3) is 0 Å². The zero-order valence-electron chi connectivity index (χ0n) is 13.6. The predicted octanol–water partition coefficient (Wildman–Crippen LogP) is 3.69. The van der Waals surface area contributed by atoms with Gasteiger partial charge in [-0.1, -0.05) is 31.7 Å². The van der Waals surface area contributed by atoms with E-state index in [2.05, 4.69) is 29.2 Å². The van der Waals surface area contributed by atoms with Crippen LogP contribution >= 0.6 is 0 Å². The topological polar surface area (TPSA) is 42.2 Å². The summed E-state index contributed by atoms with van der Waals surface area (Å²) < 4.78 is 0. The molecule has 2 N–H and O–H groups in total. The van der Waals surface area contributed by atoms with Crippen molar-refractivity contribution in [2.75, 3.05) is 20.1 Å². The first-order chi connectivity index (χ1) is 10.3. The molecular formula is C18H31N3. The van der Waals surface area contributed by atoms with E-state index in [0.29, 0.717) is 6.04 Å². The van der Waals surface area contributed by atoms with Crippen LogP contribution in [0.1, 0.15) is 68.5 Å². The number of aryl methyl sites for hydroxylation is 1. The molecule has 0 aliphatic carbocycles. The summed E-state index contributed by atoms with van der Waals surface area (Å²) in [7, 11) is 2.23. The second kappa shape index (κ2) is 9.16. The second-order valence-corrected chi connectivity index (χ2v) is 6.43. The molecule has 2 heterocycles. The quantitative estimate of drug-likeness (QED) is 0.705. The molecule has 3 nitrogen and oxygen atoms in total. The highest BCUT2D eigenvalue weighted by molar-refractivity contribution is 5.22. The molecule has 1 aromatic rings. The summed E-state index contributed by atoms with van der Waals surface area (Å²) in [6, 6.07) is 2.97. The highest BCUT2D eigenvalue weighted by Gasteiger charge is 2.22. The first-order valence-corrected chi connectivity index (χ1v) is 8.65. The molecule has 1 aromatic heterocycles. The molecule has 0 aromatic carbocycles. The van der Waals surface area contributed by atoms with Gasteiger partial charge < -0.3 is 5.73 Å². The Labute approximate surface area is 129 Å². The molecule has 1 aliphatic heterocycles. The Hall–Kier alpha value is -0.930. The summed E-state index contributed by atoms with van der Waals surface area (Å²) in [6.07, 6.45) is 15.6. The van der Waals surface area contributed by atoms with Crippen molar-refractivity contribution in [3.8, 4) is 0 Å². The van der Waals surface area contributed by atoms with Gasteiger partial charge in [-0.2, -0.15) is 0 Å². The number of rotatable bonds is 9. The summed E-state index contributed by atoms with van der Waals surface area (Å²) in [4.78, 5) is 6.92. The average molecular weight is 289 g/mol. The molecular weight excluding hydrogens is 258 g/mol. The van der Waals surface area contributed by atoms with Gasteiger partial charge in [0, 0.05) is 18.4 Å². The van der Waals surface area contributed by atoms with Crippen molar-refractivity contribution in [3.05, 3.63) is 29.6 Å². The molecule has 0 spiro atoms. The molecule has 0 amide bonds. The number of likely N-dealkylation sites (tertiary alicyclic amines) is 1. The number of aromatic nitrogens is 1. The predicted molar refractivity (Wildman–Crippen MR) is 89.3 cm³/mol. The second-order valence-electron chi connectivity index (χ2n) is 6.43. The van der Waals surface area contributed by atoms with Gasteiger partial charge in [0.05, 0.1) is 0 Å². The van der Waals surface area contributed by atoms with Gasteiger partial charge in [-0.15, -0.1) is 0 Å². The zero-order chi connectivity index (χ0) is 14.9. The van der Waals surface area contributed by atoms with E-state index >= 15 is 0 Å². The molecule has 0 saturated carbocycles. The van der Waals surface area contributed by atoms with Crippen LogP contribution in [0.5, 0.6) is 0 Å². The fourth-order valence-electron chi connectivity index (χ4n) is 3.34. The smallest absolute Gasteiger partial charge is 0.0360 e. The normalized spacial score (nSPS) is 19.2. The minimum absolute atomic E-state index is 0.591. The lowest BCUT2D eigenvalue weighted by atomic mass is 10.0. The molecule has 1 aliphatic rings. The van der Waals surface area contributed by atoms with Crippen molar-refractivity contribution in [2.45, 2.75) is 63.8 Å². The standard InChI is InChI=1S/C18H31N3/c1-21-12-8-10-18(21)17-13-16(14-20-15-17)9-6-4-2-3-5-7-11-19/h13-15,18H,2-12,19H2,1H3. The van der Waals surface area contributed by atoms with Crippen LogP contribution in [-0.4, -0.2) is 30.0 Å². The summed E-state index contributed by atoms with van der Waals surface area (Å²) in [5.41, 5.74) is 8.33.